The molecule has 0 amide bonds. The van der Waals surface area contributed by atoms with Crippen LogP contribution in [0.5, 0.6) is 0 Å². The number of nitrogens with zero attached hydrogens (tertiary/aromatic N) is 3. The van der Waals surface area contributed by atoms with E-state index in [0.29, 0.717) is 5.11 Å². The van der Waals surface area contributed by atoms with Crippen molar-refractivity contribution < 1.29 is 0 Å². The molecule has 0 radical (unpaired) electrons. The molecule has 178 valence electrons. The first kappa shape index (κ1) is 23.6. The second-order valence-electron chi connectivity index (χ2n) is 9.06. The molecule has 0 saturated carbocycles. The van der Waals surface area contributed by atoms with Gasteiger partial charge in [-0.25, -0.2) is 0 Å². The van der Waals surface area contributed by atoms with Gasteiger partial charge in [0.25, 0.3) is 0 Å². The molecule has 1 fully saturated rings. The summed E-state index contributed by atoms with van der Waals surface area (Å²) in [6.07, 6.45) is 2.84. The zero-order valence-corrected chi connectivity index (χ0v) is 22.0. The van der Waals surface area contributed by atoms with Gasteiger partial charge in [0, 0.05) is 34.0 Å². The van der Waals surface area contributed by atoms with Crippen LogP contribution in [0.3, 0.4) is 0 Å². The van der Waals surface area contributed by atoms with Crippen LogP contribution < -0.4 is 10.2 Å². The molecule has 4 nitrogen and oxygen atoms in total. The van der Waals surface area contributed by atoms with Crippen LogP contribution in [0.25, 0.3) is 5.69 Å². The fraction of sp³-hybridized carbons (Fsp3) is 0.241. The average Bonchev–Trinajstić information content (AvgIpc) is 3.36. The predicted octanol–water partition coefficient (Wildman–Crippen LogP) is 7.19. The number of thiocarbonyl (C=S) groups is 1. The van der Waals surface area contributed by atoms with Gasteiger partial charge in [-0.1, -0.05) is 42.8 Å². The summed E-state index contributed by atoms with van der Waals surface area (Å²) in [4.78, 5) is 6.94. The molecule has 0 aliphatic carbocycles. The molecule has 5 rings (SSSR count). The molecule has 3 heterocycles. The first-order chi connectivity index (χ1) is 16.9. The van der Waals surface area contributed by atoms with Crippen LogP contribution in [-0.4, -0.2) is 14.7 Å². The van der Waals surface area contributed by atoms with Crippen molar-refractivity contribution in [1.29, 1.82) is 0 Å². The highest BCUT2D eigenvalue weighted by Gasteiger charge is 2.42. The summed E-state index contributed by atoms with van der Waals surface area (Å²) < 4.78 is 2.30. The van der Waals surface area contributed by atoms with E-state index in [1.54, 1.807) is 0 Å². The Kier molecular flexibility index (Phi) is 6.39. The maximum Gasteiger partial charge on any atom is 0.174 e. The first-order valence-electron chi connectivity index (χ1n) is 11.9. The van der Waals surface area contributed by atoms with Crippen molar-refractivity contribution in [3.8, 4) is 5.69 Å². The molecule has 1 N–H and O–H groups in total. The summed E-state index contributed by atoms with van der Waals surface area (Å²) in [6, 6.07) is 23.0. The second kappa shape index (κ2) is 9.48. The Hall–Kier alpha value is -3.15. The van der Waals surface area contributed by atoms with E-state index in [1.165, 1.54) is 16.8 Å². The van der Waals surface area contributed by atoms with Gasteiger partial charge >= 0.3 is 0 Å². The average molecular weight is 501 g/mol. The second-order valence-corrected chi connectivity index (χ2v) is 9.86. The Balaban J connectivity index is 1.68. The van der Waals surface area contributed by atoms with Crippen molar-refractivity contribution in [2.24, 2.45) is 0 Å². The lowest BCUT2D eigenvalue weighted by Crippen LogP contribution is -2.29. The van der Waals surface area contributed by atoms with Crippen molar-refractivity contribution in [3.05, 3.63) is 112 Å². The number of pyridine rings is 1. The van der Waals surface area contributed by atoms with Gasteiger partial charge in [-0.15, -0.1) is 0 Å². The summed E-state index contributed by atoms with van der Waals surface area (Å²) in [5.41, 5.74) is 9.05. The topological polar surface area (TPSA) is 33.1 Å². The number of aromatic nitrogens is 2. The summed E-state index contributed by atoms with van der Waals surface area (Å²) in [7, 11) is 0. The van der Waals surface area contributed by atoms with Gasteiger partial charge in [0.1, 0.15) is 0 Å². The third-order valence-corrected chi connectivity index (χ3v) is 7.71. The van der Waals surface area contributed by atoms with Crippen molar-refractivity contribution in [1.82, 2.24) is 14.9 Å². The molecule has 2 aromatic carbocycles. The van der Waals surface area contributed by atoms with Gasteiger partial charge in [0.05, 0.1) is 17.8 Å². The van der Waals surface area contributed by atoms with E-state index in [-0.39, 0.29) is 12.1 Å². The number of rotatable bonds is 5. The van der Waals surface area contributed by atoms with Crippen LogP contribution >= 0.6 is 23.8 Å². The summed E-state index contributed by atoms with van der Waals surface area (Å²) in [6.45, 7) is 8.57. The van der Waals surface area contributed by atoms with E-state index in [1.807, 2.05) is 30.5 Å². The van der Waals surface area contributed by atoms with Crippen LogP contribution in [0.4, 0.5) is 5.69 Å². The monoisotopic (exact) mass is 500 g/mol. The molecule has 1 saturated heterocycles. The number of aryl methyl sites for hydroxylation is 2. The van der Waals surface area contributed by atoms with Crippen LogP contribution in [-0.2, 0) is 6.42 Å². The number of benzene rings is 2. The fourth-order valence-electron chi connectivity index (χ4n) is 5.14. The van der Waals surface area contributed by atoms with Crippen molar-refractivity contribution in [2.75, 3.05) is 4.90 Å². The molecular formula is C29H29ClN4S. The molecule has 1 aliphatic heterocycles. The Morgan fingerprint density at radius 1 is 1.00 bits per heavy atom. The summed E-state index contributed by atoms with van der Waals surface area (Å²) >= 11 is 12.4. The third kappa shape index (κ3) is 4.13. The van der Waals surface area contributed by atoms with Crippen molar-refractivity contribution in [2.45, 2.75) is 46.2 Å². The van der Waals surface area contributed by atoms with Crippen molar-refractivity contribution >= 4 is 34.6 Å². The maximum atomic E-state index is 6.50. The lowest BCUT2D eigenvalue weighted by atomic mass is 9.96. The summed E-state index contributed by atoms with van der Waals surface area (Å²) in [5, 5.41) is 5.05. The molecule has 1 aliphatic rings. The molecular weight excluding hydrogens is 472 g/mol. The molecule has 6 heteroatoms. The van der Waals surface area contributed by atoms with Gasteiger partial charge < -0.3 is 14.8 Å². The van der Waals surface area contributed by atoms with E-state index < -0.39 is 0 Å². The minimum absolute atomic E-state index is 0.0516. The molecule has 2 aromatic heterocycles. The van der Waals surface area contributed by atoms with E-state index in [9.17, 15) is 0 Å². The van der Waals surface area contributed by atoms with Crippen LogP contribution in [0, 0.1) is 20.8 Å². The predicted molar refractivity (Wildman–Crippen MR) is 149 cm³/mol. The Morgan fingerprint density at radius 3 is 2.46 bits per heavy atom. The highest BCUT2D eigenvalue weighted by molar-refractivity contribution is 7.80. The Labute approximate surface area is 217 Å². The minimum atomic E-state index is -0.0797. The zero-order chi connectivity index (χ0) is 24.7. The summed E-state index contributed by atoms with van der Waals surface area (Å²) in [5.74, 6) is 0. The lowest BCUT2D eigenvalue weighted by Gasteiger charge is -2.28. The third-order valence-electron chi connectivity index (χ3n) is 6.99. The lowest BCUT2D eigenvalue weighted by molar-refractivity contribution is 0.565. The number of hydrogen-bond acceptors (Lipinski definition) is 2. The number of halogens is 1. The number of nitrogens with one attached hydrogen (secondary N) is 1. The largest absolute Gasteiger partial charge is 0.351 e. The highest BCUT2D eigenvalue weighted by atomic mass is 35.5. The smallest absolute Gasteiger partial charge is 0.174 e. The van der Waals surface area contributed by atoms with E-state index in [4.69, 9.17) is 28.8 Å². The molecule has 35 heavy (non-hydrogen) atoms. The maximum absolute atomic E-state index is 6.50. The van der Waals surface area contributed by atoms with E-state index in [2.05, 4.69) is 84.9 Å². The minimum Gasteiger partial charge on any atom is -0.351 e. The van der Waals surface area contributed by atoms with Gasteiger partial charge in [-0.05, 0) is 98.6 Å². The zero-order valence-electron chi connectivity index (χ0n) is 20.4. The van der Waals surface area contributed by atoms with Crippen LogP contribution in [0.2, 0.25) is 5.02 Å². The Morgan fingerprint density at radius 2 is 1.77 bits per heavy atom. The number of anilines is 1. The van der Waals surface area contributed by atoms with Gasteiger partial charge in [0.2, 0.25) is 0 Å². The Bertz CT molecular complexity index is 1380. The molecule has 0 bridgehead atoms. The highest BCUT2D eigenvalue weighted by Crippen LogP contribution is 2.44. The van der Waals surface area contributed by atoms with Crippen molar-refractivity contribution in [3.63, 3.8) is 0 Å². The number of hydrogen-bond donors (Lipinski definition) is 1. The first-order valence-corrected chi connectivity index (χ1v) is 12.7. The van der Waals surface area contributed by atoms with E-state index >= 15 is 0 Å². The standard InChI is InChI=1S/C29H29ClN4S/c1-5-21-12-14-22(15-13-21)34-28(27(32-29(34)35)25-10-6-7-16-31-25)23-17-18(2)33(20(23)4)26-11-8-9-24(30)19(26)3/h6-17,27-28H,5H2,1-4H3,(H,32,35). The van der Waals surface area contributed by atoms with Crippen LogP contribution in [0.1, 0.15) is 52.8 Å². The molecule has 0 spiro atoms. The van der Waals surface area contributed by atoms with E-state index in [0.717, 1.165) is 39.8 Å². The van der Waals surface area contributed by atoms with Gasteiger partial charge in [-0.3, -0.25) is 4.98 Å². The molecule has 4 aromatic rings. The SMILES string of the molecule is CCc1ccc(N2C(=S)NC(c3ccccn3)C2c2cc(C)n(-c3cccc(Cl)c3C)c2C)cc1. The van der Waals surface area contributed by atoms with Gasteiger partial charge in [-0.2, -0.15) is 0 Å². The quantitative estimate of drug-likeness (QED) is 0.294. The normalized spacial score (nSPS) is 17.6. The molecule has 2 unspecified atom stereocenters. The fourth-order valence-corrected chi connectivity index (χ4v) is 5.65. The van der Waals surface area contributed by atoms with Crippen LogP contribution in [0.15, 0.2) is 72.9 Å². The van der Waals surface area contributed by atoms with Gasteiger partial charge in [0.15, 0.2) is 5.11 Å². The molecule has 2 atom stereocenters.